The van der Waals surface area contributed by atoms with Gasteiger partial charge < -0.3 is 14.5 Å². The summed E-state index contributed by atoms with van der Waals surface area (Å²) in [5.41, 5.74) is 5.94. The summed E-state index contributed by atoms with van der Waals surface area (Å²) in [7, 11) is 0. The van der Waals surface area contributed by atoms with Crippen molar-refractivity contribution in [2.45, 2.75) is 33.6 Å². The average Bonchev–Trinajstić information content (AvgIpc) is 3.17. The van der Waals surface area contributed by atoms with Gasteiger partial charge in [-0.1, -0.05) is 43.6 Å². The van der Waals surface area contributed by atoms with Gasteiger partial charge in [0.05, 0.1) is 10.7 Å². The van der Waals surface area contributed by atoms with Crippen molar-refractivity contribution >= 4 is 34.3 Å². The lowest BCUT2D eigenvalue weighted by molar-refractivity contribution is -0.118. The zero-order valence-corrected chi connectivity index (χ0v) is 19.3. The van der Waals surface area contributed by atoms with E-state index in [1.165, 1.54) is 0 Å². The van der Waals surface area contributed by atoms with Crippen molar-refractivity contribution < 1.29 is 13.9 Å². The molecule has 0 saturated heterocycles. The molecule has 0 atom stereocenters. The molecular formula is C26H25ClN2O3. The third kappa shape index (κ3) is 4.78. The number of nitrogens with one attached hydrogen (secondary N) is 1. The fourth-order valence-corrected chi connectivity index (χ4v) is 3.65. The van der Waals surface area contributed by atoms with Gasteiger partial charge in [0.1, 0.15) is 11.3 Å². The molecule has 5 nitrogen and oxygen atoms in total. The minimum absolute atomic E-state index is 0.119. The summed E-state index contributed by atoms with van der Waals surface area (Å²) in [6.07, 6.45) is 0. The second-order valence-corrected chi connectivity index (χ2v) is 8.62. The van der Waals surface area contributed by atoms with E-state index in [1.807, 2.05) is 56.3 Å². The van der Waals surface area contributed by atoms with Gasteiger partial charge in [0.2, 0.25) is 5.89 Å². The minimum Gasteiger partial charge on any atom is -0.483 e. The van der Waals surface area contributed by atoms with Gasteiger partial charge >= 0.3 is 0 Å². The number of ether oxygens (including phenoxy) is 1. The van der Waals surface area contributed by atoms with Crippen LogP contribution in [0.4, 0.5) is 5.69 Å². The maximum atomic E-state index is 12.6. The SMILES string of the molecule is Cc1ccc(C(C)C)c(OCC(=O)Nc2cc(-c3nc4cc(C)ccc4o3)ccc2Cl)c1. The molecule has 0 fully saturated rings. The number of aryl methyl sites for hydroxylation is 2. The Kier molecular flexibility index (Phi) is 6.19. The smallest absolute Gasteiger partial charge is 0.262 e. The van der Waals surface area contributed by atoms with Gasteiger partial charge in [0.25, 0.3) is 5.91 Å². The van der Waals surface area contributed by atoms with Crippen molar-refractivity contribution in [1.82, 2.24) is 4.98 Å². The molecule has 1 heterocycles. The van der Waals surface area contributed by atoms with Crippen molar-refractivity contribution in [3.05, 3.63) is 76.3 Å². The summed E-state index contributed by atoms with van der Waals surface area (Å²) in [5, 5.41) is 3.26. The van der Waals surface area contributed by atoms with Gasteiger partial charge in [-0.3, -0.25) is 4.79 Å². The van der Waals surface area contributed by atoms with Crippen LogP contribution in [0.2, 0.25) is 5.02 Å². The van der Waals surface area contributed by atoms with Crippen molar-refractivity contribution in [1.29, 1.82) is 0 Å². The molecule has 0 aliphatic rings. The quantitative estimate of drug-likeness (QED) is 0.348. The Morgan fingerprint density at radius 3 is 2.59 bits per heavy atom. The number of hydrogen-bond donors (Lipinski definition) is 1. The van der Waals surface area contributed by atoms with Crippen LogP contribution < -0.4 is 10.1 Å². The first-order valence-corrected chi connectivity index (χ1v) is 10.9. The highest BCUT2D eigenvalue weighted by molar-refractivity contribution is 6.33. The van der Waals surface area contributed by atoms with Crippen LogP contribution >= 0.6 is 11.6 Å². The number of aromatic nitrogens is 1. The third-order valence-corrected chi connectivity index (χ3v) is 5.51. The summed E-state index contributed by atoms with van der Waals surface area (Å²) in [6.45, 7) is 8.07. The Labute approximate surface area is 192 Å². The first-order chi connectivity index (χ1) is 15.3. The summed E-state index contributed by atoms with van der Waals surface area (Å²) in [6, 6.07) is 17.1. The van der Waals surface area contributed by atoms with Gasteiger partial charge in [-0.2, -0.15) is 0 Å². The molecule has 3 aromatic carbocycles. The van der Waals surface area contributed by atoms with Gasteiger partial charge in [-0.15, -0.1) is 0 Å². The predicted octanol–water partition coefficient (Wildman–Crippen LogP) is 6.91. The zero-order chi connectivity index (χ0) is 22.8. The van der Waals surface area contributed by atoms with Crippen molar-refractivity contribution in [3.8, 4) is 17.2 Å². The molecule has 0 unspecified atom stereocenters. The summed E-state index contributed by atoms with van der Waals surface area (Å²) >= 11 is 6.33. The molecule has 0 aliphatic carbocycles. The van der Waals surface area contributed by atoms with Gasteiger partial charge in [-0.05, 0) is 72.9 Å². The molecule has 1 N–H and O–H groups in total. The number of fused-ring (bicyclic) bond motifs is 1. The third-order valence-electron chi connectivity index (χ3n) is 5.18. The highest BCUT2D eigenvalue weighted by Gasteiger charge is 2.14. The summed E-state index contributed by atoms with van der Waals surface area (Å²) < 4.78 is 11.7. The lowest BCUT2D eigenvalue weighted by Gasteiger charge is -2.15. The molecule has 0 bridgehead atoms. The van der Waals surface area contributed by atoms with Gasteiger partial charge in [0, 0.05) is 5.56 Å². The number of carbonyl (C=O) groups is 1. The zero-order valence-electron chi connectivity index (χ0n) is 18.5. The van der Waals surface area contributed by atoms with Crippen LogP contribution in [0.15, 0.2) is 59.0 Å². The molecule has 164 valence electrons. The average molecular weight is 449 g/mol. The molecule has 6 heteroatoms. The number of halogens is 1. The van der Waals surface area contributed by atoms with Crippen LogP contribution in [0.25, 0.3) is 22.6 Å². The van der Waals surface area contributed by atoms with Gasteiger partial charge in [0.15, 0.2) is 12.2 Å². The van der Waals surface area contributed by atoms with Crippen molar-refractivity contribution in [2.75, 3.05) is 11.9 Å². The molecule has 4 aromatic rings. The largest absolute Gasteiger partial charge is 0.483 e. The Balaban J connectivity index is 1.51. The minimum atomic E-state index is -0.298. The number of benzene rings is 3. The Morgan fingerprint density at radius 2 is 1.81 bits per heavy atom. The lowest BCUT2D eigenvalue weighted by atomic mass is 10.0. The number of hydrogen-bond acceptors (Lipinski definition) is 4. The van der Waals surface area contributed by atoms with E-state index >= 15 is 0 Å². The number of rotatable bonds is 6. The van der Waals surface area contributed by atoms with Crippen LogP contribution in [-0.4, -0.2) is 17.5 Å². The van der Waals surface area contributed by atoms with E-state index in [9.17, 15) is 4.79 Å². The first kappa shape index (κ1) is 21.9. The van der Waals surface area contributed by atoms with Crippen molar-refractivity contribution in [2.24, 2.45) is 0 Å². The monoisotopic (exact) mass is 448 g/mol. The Morgan fingerprint density at radius 1 is 1.06 bits per heavy atom. The van der Waals surface area contributed by atoms with Crippen LogP contribution in [0.3, 0.4) is 0 Å². The van der Waals surface area contributed by atoms with E-state index in [1.54, 1.807) is 12.1 Å². The van der Waals surface area contributed by atoms with E-state index < -0.39 is 0 Å². The Bertz CT molecular complexity index is 1290. The lowest BCUT2D eigenvalue weighted by Crippen LogP contribution is -2.21. The molecule has 0 spiro atoms. The molecular weight excluding hydrogens is 424 g/mol. The van der Waals surface area contributed by atoms with E-state index in [0.29, 0.717) is 28.1 Å². The van der Waals surface area contributed by atoms with E-state index in [2.05, 4.69) is 24.1 Å². The molecule has 1 amide bonds. The summed E-state index contributed by atoms with van der Waals surface area (Å²) in [5.74, 6) is 1.18. The first-order valence-electron chi connectivity index (χ1n) is 10.5. The van der Waals surface area contributed by atoms with Crippen LogP contribution in [0.5, 0.6) is 5.75 Å². The van der Waals surface area contributed by atoms with E-state index in [0.717, 1.165) is 33.5 Å². The molecule has 32 heavy (non-hydrogen) atoms. The van der Waals surface area contributed by atoms with Gasteiger partial charge in [-0.25, -0.2) is 4.98 Å². The molecule has 1 aromatic heterocycles. The highest BCUT2D eigenvalue weighted by atomic mass is 35.5. The molecule has 4 rings (SSSR count). The normalized spacial score (nSPS) is 11.2. The number of nitrogens with zero attached hydrogens (tertiary/aromatic N) is 1. The maximum Gasteiger partial charge on any atom is 0.262 e. The molecule has 0 saturated carbocycles. The predicted molar refractivity (Wildman–Crippen MR) is 129 cm³/mol. The van der Waals surface area contributed by atoms with E-state index in [-0.39, 0.29) is 12.5 Å². The Hall–Kier alpha value is -3.31. The van der Waals surface area contributed by atoms with Crippen LogP contribution in [0, 0.1) is 13.8 Å². The second kappa shape index (κ2) is 9.05. The number of oxazole rings is 1. The topological polar surface area (TPSA) is 64.4 Å². The molecule has 0 aliphatic heterocycles. The summed E-state index contributed by atoms with van der Waals surface area (Å²) in [4.78, 5) is 17.2. The number of anilines is 1. The number of carbonyl (C=O) groups excluding carboxylic acids is 1. The standard InChI is InChI=1S/C26H25ClN2O3/c1-15(2)19-8-5-17(4)12-24(19)31-14-25(30)28-21-13-18(7-9-20(21)27)26-29-22-11-16(3)6-10-23(22)32-26/h5-13,15H,14H2,1-4H3,(H,28,30). The van der Waals surface area contributed by atoms with Crippen molar-refractivity contribution in [3.63, 3.8) is 0 Å². The highest BCUT2D eigenvalue weighted by Crippen LogP contribution is 2.31. The van der Waals surface area contributed by atoms with E-state index in [4.69, 9.17) is 20.8 Å². The fourth-order valence-electron chi connectivity index (χ4n) is 3.49. The van der Waals surface area contributed by atoms with Crippen LogP contribution in [-0.2, 0) is 4.79 Å². The number of amides is 1. The van der Waals surface area contributed by atoms with Crippen LogP contribution in [0.1, 0.15) is 36.5 Å². The fraction of sp³-hybridized carbons (Fsp3) is 0.231. The second-order valence-electron chi connectivity index (χ2n) is 8.22. The molecule has 0 radical (unpaired) electrons. The maximum absolute atomic E-state index is 12.6.